The zero-order valence-electron chi connectivity index (χ0n) is 13.0. The van der Waals surface area contributed by atoms with Crippen LogP contribution < -0.4 is 10.6 Å². The summed E-state index contributed by atoms with van der Waals surface area (Å²) in [6.45, 7) is 1.01. The van der Waals surface area contributed by atoms with Crippen molar-refractivity contribution in [2.75, 3.05) is 5.32 Å². The molecule has 2 heterocycles. The Morgan fingerprint density at radius 3 is 2.54 bits per heavy atom. The molecule has 3 rings (SSSR count). The summed E-state index contributed by atoms with van der Waals surface area (Å²) < 4.78 is 0. The molecule has 1 aromatic carbocycles. The number of nitrogens with zero attached hydrogens (tertiary/aromatic N) is 3. The van der Waals surface area contributed by atoms with Crippen molar-refractivity contribution in [3.63, 3.8) is 0 Å². The van der Waals surface area contributed by atoms with Crippen LogP contribution in [0.5, 0.6) is 0 Å². The number of hydrogen-bond donors (Lipinski definition) is 2. The highest BCUT2D eigenvalue weighted by molar-refractivity contribution is 5.92. The maximum atomic E-state index is 12.2. The minimum atomic E-state index is -0.231. The van der Waals surface area contributed by atoms with E-state index in [1.54, 1.807) is 24.7 Å². The number of nitrogens with one attached hydrogen (secondary N) is 2. The summed E-state index contributed by atoms with van der Waals surface area (Å²) >= 11 is 0. The molecular formula is C18H17N5O. The van der Waals surface area contributed by atoms with E-state index in [0.29, 0.717) is 24.7 Å². The van der Waals surface area contributed by atoms with Crippen LogP contribution >= 0.6 is 0 Å². The molecule has 0 aliphatic carbocycles. The molecule has 0 aliphatic heterocycles. The Morgan fingerprint density at radius 1 is 0.917 bits per heavy atom. The van der Waals surface area contributed by atoms with Crippen molar-refractivity contribution < 1.29 is 4.79 Å². The lowest BCUT2D eigenvalue weighted by Gasteiger charge is -2.07. The molecule has 6 heteroatoms. The maximum absolute atomic E-state index is 12.2. The number of carbonyl (C=O) groups is 1. The minimum absolute atomic E-state index is 0.231. The third kappa shape index (κ3) is 4.36. The van der Waals surface area contributed by atoms with Gasteiger partial charge in [-0.2, -0.15) is 0 Å². The number of amides is 1. The summed E-state index contributed by atoms with van der Waals surface area (Å²) in [4.78, 5) is 24.6. The zero-order valence-corrected chi connectivity index (χ0v) is 13.0. The van der Waals surface area contributed by atoms with Crippen LogP contribution in [0.1, 0.15) is 21.6 Å². The molecule has 0 atom stereocenters. The average molecular weight is 319 g/mol. The normalized spacial score (nSPS) is 10.2. The second-order valence-corrected chi connectivity index (χ2v) is 5.15. The predicted octanol–water partition coefficient (Wildman–Crippen LogP) is 2.41. The quantitative estimate of drug-likeness (QED) is 0.729. The molecule has 0 bridgehead atoms. The van der Waals surface area contributed by atoms with Crippen LogP contribution in [0.15, 0.2) is 67.1 Å². The molecule has 2 N–H and O–H groups in total. The van der Waals surface area contributed by atoms with Gasteiger partial charge in [0.2, 0.25) is 5.95 Å². The van der Waals surface area contributed by atoms with Crippen molar-refractivity contribution >= 4 is 11.9 Å². The third-order valence-electron chi connectivity index (χ3n) is 3.36. The number of hydrogen-bond acceptors (Lipinski definition) is 5. The van der Waals surface area contributed by atoms with E-state index < -0.39 is 0 Å². The largest absolute Gasteiger partial charge is 0.350 e. The lowest BCUT2D eigenvalue weighted by atomic mass is 10.2. The number of carbonyl (C=O) groups excluding carboxylic acids is 1. The van der Waals surface area contributed by atoms with Gasteiger partial charge in [-0.3, -0.25) is 9.78 Å². The van der Waals surface area contributed by atoms with E-state index in [2.05, 4.69) is 25.6 Å². The number of anilines is 1. The predicted molar refractivity (Wildman–Crippen MR) is 91.2 cm³/mol. The highest BCUT2D eigenvalue weighted by atomic mass is 16.1. The Morgan fingerprint density at radius 2 is 1.75 bits per heavy atom. The van der Waals surface area contributed by atoms with Gasteiger partial charge in [-0.05, 0) is 23.3 Å². The van der Waals surface area contributed by atoms with Crippen LogP contribution in [0.3, 0.4) is 0 Å². The molecular weight excluding hydrogens is 302 g/mol. The molecule has 0 fully saturated rings. The first-order chi connectivity index (χ1) is 11.8. The molecule has 24 heavy (non-hydrogen) atoms. The Hall–Kier alpha value is -3.28. The van der Waals surface area contributed by atoms with Crippen LogP contribution in [0, 0.1) is 0 Å². The van der Waals surface area contributed by atoms with Crippen LogP contribution in [-0.4, -0.2) is 20.9 Å². The van der Waals surface area contributed by atoms with Gasteiger partial charge in [0, 0.05) is 31.7 Å². The number of benzene rings is 1. The van der Waals surface area contributed by atoms with E-state index in [0.717, 1.165) is 11.1 Å². The summed E-state index contributed by atoms with van der Waals surface area (Å²) in [5, 5.41) is 5.94. The van der Waals surface area contributed by atoms with Gasteiger partial charge in [0.15, 0.2) is 0 Å². The fraction of sp³-hybridized carbons (Fsp3) is 0.111. The SMILES string of the molecule is O=C(NCc1ccccc1)c1ccnc(NCc2cccnc2)n1. The second-order valence-electron chi connectivity index (χ2n) is 5.15. The van der Waals surface area contributed by atoms with Gasteiger partial charge in [-0.25, -0.2) is 9.97 Å². The first-order valence-electron chi connectivity index (χ1n) is 7.59. The van der Waals surface area contributed by atoms with E-state index in [-0.39, 0.29) is 5.91 Å². The van der Waals surface area contributed by atoms with E-state index in [9.17, 15) is 4.79 Å². The van der Waals surface area contributed by atoms with Crippen LogP contribution in [-0.2, 0) is 13.1 Å². The van der Waals surface area contributed by atoms with Crippen molar-refractivity contribution in [1.82, 2.24) is 20.3 Å². The fourth-order valence-corrected chi connectivity index (χ4v) is 2.12. The van der Waals surface area contributed by atoms with Crippen molar-refractivity contribution in [2.24, 2.45) is 0 Å². The summed E-state index contributed by atoms with van der Waals surface area (Å²) in [7, 11) is 0. The summed E-state index contributed by atoms with van der Waals surface area (Å²) in [5.41, 5.74) is 2.38. The van der Waals surface area contributed by atoms with Crippen molar-refractivity contribution in [3.8, 4) is 0 Å². The molecule has 6 nitrogen and oxygen atoms in total. The van der Waals surface area contributed by atoms with Gasteiger partial charge in [-0.1, -0.05) is 36.4 Å². The summed E-state index contributed by atoms with van der Waals surface area (Å²) in [5.74, 6) is 0.178. The minimum Gasteiger partial charge on any atom is -0.350 e. The second kappa shape index (κ2) is 7.82. The third-order valence-corrected chi connectivity index (χ3v) is 3.36. The monoisotopic (exact) mass is 319 g/mol. The molecule has 3 aromatic rings. The van der Waals surface area contributed by atoms with Crippen molar-refractivity contribution in [1.29, 1.82) is 0 Å². The standard InChI is InChI=1S/C18H17N5O/c24-17(21-12-14-5-2-1-3-6-14)16-8-10-20-18(23-16)22-13-15-7-4-9-19-11-15/h1-11H,12-13H2,(H,21,24)(H,20,22,23). The number of aromatic nitrogens is 3. The van der Waals surface area contributed by atoms with Crippen LogP contribution in [0.2, 0.25) is 0 Å². The van der Waals surface area contributed by atoms with Gasteiger partial charge < -0.3 is 10.6 Å². The summed E-state index contributed by atoms with van der Waals surface area (Å²) in [6, 6.07) is 15.1. The average Bonchev–Trinajstić information content (AvgIpc) is 2.66. The van der Waals surface area contributed by atoms with E-state index in [1.165, 1.54) is 0 Å². The Bertz CT molecular complexity index is 793. The zero-order chi connectivity index (χ0) is 16.6. The van der Waals surface area contributed by atoms with Gasteiger partial charge in [0.1, 0.15) is 5.69 Å². The van der Waals surface area contributed by atoms with Gasteiger partial charge >= 0.3 is 0 Å². The highest BCUT2D eigenvalue weighted by Gasteiger charge is 2.08. The lowest BCUT2D eigenvalue weighted by molar-refractivity contribution is 0.0946. The van der Waals surface area contributed by atoms with Gasteiger partial charge in [0.05, 0.1) is 0 Å². The highest BCUT2D eigenvalue weighted by Crippen LogP contribution is 2.05. The van der Waals surface area contributed by atoms with Gasteiger partial charge in [-0.15, -0.1) is 0 Å². The van der Waals surface area contributed by atoms with Crippen molar-refractivity contribution in [3.05, 3.63) is 83.9 Å². The van der Waals surface area contributed by atoms with Crippen LogP contribution in [0.4, 0.5) is 5.95 Å². The fourth-order valence-electron chi connectivity index (χ4n) is 2.12. The maximum Gasteiger partial charge on any atom is 0.270 e. The number of rotatable bonds is 6. The molecule has 0 aliphatic rings. The first-order valence-corrected chi connectivity index (χ1v) is 7.59. The summed E-state index contributed by atoms with van der Waals surface area (Å²) in [6.07, 6.45) is 5.05. The molecule has 1 amide bonds. The molecule has 0 spiro atoms. The van der Waals surface area contributed by atoms with E-state index >= 15 is 0 Å². The van der Waals surface area contributed by atoms with Gasteiger partial charge in [0.25, 0.3) is 5.91 Å². The van der Waals surface area contributed by atoms with Crippen LogP contribution in [0.25, 0.3) is 0 Å². The number of pyridine rings is 1. The molecule has 0 saturated heterocycles. The smallest absolute Gasteiger partial charge is 0.270 e. The lowest BCUT2D eigenvalue weighted by Crippen LogP contribution is -2.24. The van der Waals surface area contributed by atoms with E-state index in [4.69, 9.17) is 0 Å². The van der Waals surface area contributed by atoms with E-state index in [1.807, 2.05) is 42.5 Å². The first kappa shape index (κ1) is 15.6. The topological polar surface area (TPSA) is 79.8 Å². The Kier molecular flexibility index (Phi) is 5.09. The molecule has 0 saturated carbocycles. The molecule has 120 valence electrons. The Labute approximate surface area is 140 Å². The molecule has 2 aromatic heterocycles. The Balaban J connectivity index is 1.59. The molecule has 0 radical (unpaired) electrons. The molecule has 0 unspecified atom stereocenters. The van der Waals surface area contributed by atoms with Crippen molar-refractivity contribution in [2.45, 2.75) is 13.1 Å².